The van der Waals surface area contributed by atoms with Gasteiger partial charge in [0.25, 0.3) is 0 Å². The predicted molar refractivity (Wildman–Crippen MR) is 112 cm³/mol. The third kappa shape index (κ3) is 5.72. The summed E-state index contributed by atoms with van der Waals surface area (Å²) in [6.07, 6.45) is 1.72. The first-order valence-electron chi connectivity index (χ1n) is 8.98. The normalized spacial score (nSPS) is 11.0. The molecule has 3 aromatic carbocycles. The zero-order chi connectivity index (χ0) is 19.6. The van der Waals surface area contributed by atoms with Crippen LogP contribution in [-0.2, 0) is 9.53 Å². The van der Waals surface area contributed by atoms with Gasteiger partial charge in [-0.1, -0.05) is 48.5 Å². The molecule has 0 fully saturated rings. The molecule has 0 atom stereocenters. The lowest BCUT2D eigenvalue weighted by Crippen LogP contribution is -2.16. The number of hydrogen-bond acceptors (Lipinski definition) is 5. The summed E-state index contributed by atoms with van der Waals surface area (Å²) in [4.78, 5) is 12.3. The maximum atomic E-state index is 12.3. The van der Waals surface area contributed by atoms with E-state index in [1.807, 2.05) is 84.9 Å². The molecule has 0 saturated heterocycles. The van der Waals surface area contributed by atoms with Crippen molar-refractivity contribution in [3.63, 3.8) is 0 Å². The number of aliphatic hydroxyl groups is 1. The number of ether oxygens (including phenoxy) is 1. The number of aliphatic hydroxyl groups excluding tert-OH is 1. The van der Waals surface area contributed by atoms with Crippen LogP contribution < -0.4 is 10.6 Å². The Bertz CT molecular complexity index is 908. The quantitative estimate of drug-likeness (QED) is 0.402. The van der Waals surface area contributed by atoms with Crippen LogP contribution in [0.2, 0.25) is 0 Å². The van der Waals surface area contributed by atoms with Crippen LogP contribution in [0.4, 0.5) is 17.1 Å². The molecule has 0 radical (unpaired) electrons. The van der Waals surface area contributed by atoms with Gasteiger partial charge in [0.1, 0.15) is 12.3 Å². The molecule has 0 aliphatic rings. The molecule has 0 spiro atoms. The van der Waals surface area contributed by atoms with Crippen LogP contribution in [0.5, 0.6) is 0 Å². The van der Waals surface area contributed by atoms with Crippen molar-refractivity contribution in [2.24, 2.45) is 0 Å². The van der Waals surface area contributed by atoms with E-state index in [1.165, 1.54) is 0 Å². The summed E-state index contributed by atoms with van der Waals surface area (Å²) < 4.78 is 5.07. The van der Waals surface area contributed by atoms with Crippen LogP contribution in [-0.4, -0.2) is 24.3 Å². The van der Waals surface area contributed by atoms with Crippen LogP contribution in [0.1, 0.15) is 5.56 Å². The molecule has 0 bridgehead atoms. The fourth-order valence-corrected chi connectivity index (χ4v) is 2.56. The highest BCUT2D eigenvalue weighted by Crippen LogP contribution is 2.19. The number of rotatable bonds is 8. The first-order chi connectivity index (χ1) is 13.7. The predicted octanol–water partition coefficient (Wildman–Crippen LogP) is 4.42. The van der Waals surface area contributed by atoms with Gasteiger partial charge in [0.2, 0.25) is 0 Å². The van der Waals surface area contributed by atoms with E-state index in [4.69, 9.17) is 9.84 Å². The Morgan fingerprint density at radius 2 is 1.39 bits per heavy atom. The van der Waals surface area contributed by atoms with Crippen LogP contribution in [0.3, 0.4) is 0 Å². The molecule has 142 valence electrons. The Morgan fingerprint density at radius 3 is 2.00 bits per heavy atom. The van der Waals surface area contributed by atoms with E-state index in [9.17, 15) is 4.79 Å². The second-order valence-corrected chi connectivity index (χ2v) is 6.02. The highest BCUT2D eigenvalue weighted by atomic mass is 16.5. The number of hydrogen-bond donors (Lipinski definition) is 3. The van der Waals surface area contributed by atoms with Crippen LogP contribution >= 0.6 is 0 Å². The molecule has 0 aliphatic heterocycles. The summed E-state index contributed by atoms with van der Waals surface area (Å²) in [7, 11) is 0. The van der Waals surface area contributed by atoms with Crippen molar-refractivity contribution in [2.75, 3.05) is 23.8 Å². The van der Waals surface area contributed by atoms with Crippen molar-refractivity contribution < 1.29 is 14.6 Å². The van der Waals surface area contributed by atoms with Gasteiger partial charge in [-0.3, -0.25) is 0 Å². The molecule has 3 N–H and O–H groups in total. The van der Waals surface area contributed by atoms with Crippen LogP contribution in [0.15, 0.2) is 90.6 Å². The van der Waals surface area contributed by atoms with Crippen LogP contribution in [0, 0.1) is 0 Å². The minimum atomic E-state index is -0.524. The molecule has 5 nitrogen and oxygen atoms in total. The zero-order valence-electron chi connectivity index (χ0n) is 15.3. The molecule has 28 heavy (non-hydrogen) atoms. The first kappa shape index (κ1) is 19.2. The minimum absolute atomic E-state index is 0.0490. The number of anilines is 3. The second-order valence-electron chi connectivity index (χ2n) is 6.02. The molecule has 3 rings (SSSR count). The van der Waals surface area contributed by atoms with E-state index in [2.05, 4.69) is 10.6 Å². The number of benzene rings is 3. The molecule has 0 heterocycles. The Balaban J connectivity index is 1.77. The van der Waals surface area contributed by atoms with E-state index < -0.39 is 5.97 Å². The fourth-order valence-electron chi connectivity index (χ4n) is 2.56. The maximum Gasteiger partial charge on any atom is 0.354 e. The topological polar surface area (TPSA) is 70.6 Å². The van der Waals surface area contributed by atoms with E-state index >= 15 is 0 Å². The molecule has 3 aromatic rings. The Morgan fingerprint density at radius 1 is 0.821 bits per heavy atom. The van der Waals surface area contributed by atoms with Gasteiger partial charge in [-0.05, 0) is 48.0 Å². The maximum absolute atomic E-state index is 12.3. The summed E-state index contributed by atoms with van der Waals surface area (Å²) in [5, 5.41) is 15.3. The lowest BCUT2D eigenvalue weighted by atomic mass is 10.1. The van der Waals surface area contributed by atoms with Gasteiger partial charge in [-0.25, -0.2) is 4.79 Å². The Kier molecular flexibility index (Phi) is 6.82. The summed E-state index contributed by atoms with van der Waals surface area (Å²) in [5.74, 6) is -0.524. The van der Waals surface area contributed by atoms with Crippen molar-refractivity contribution in [1.29, 1.82) is 0 Å². The summed E-state index contributed by atoms with van der Waals surface area (Å²) in [5.41, 5.74) is 3.87. The summed E-state index contributed by atoms with van der Waals surface area (Å²) in [6, 6.07) is 27.0. The summed E-state index contributed by atoms with van der Waals surface area (Å²) >= 11 is 0. The molecule has 0 saturated carbocycles. The Labute approximate surface area is 164 Å². The van der Waals surface area contributed by atoms with E-state index in [0.717, 1.165) is 22.6 Å². The van der Waals surface area contributed by atoms with Gasteiger partial charge in [-0.2, -0.15) is 0 Å². The fraction of sp³-hybridized carbons (Fsp3) is 0.0870. The molecular weight excluding hydrogens is 352 g/mol. The molecule has 0 unspecified atom stereocenters. The largest absolute Gasteiger partial charge is 0.459 e. The van der Waals surface area contributed by atoms with E-state index in [0.29, 0.717) is 5.70 Å². The molecule has 0 aliphatic carbocycles. The van der Waals surface area contributed by atoms with Gasteiger partial charge in [0.15, 0.2) is 0 Å². The van der Waals surface area contributed by atoms with Gasteiger partial charge >= 0.3 is 5.97 Å². The SMILES string of the molecule is O=C(OCCO)C(=Cc1ccc(Nc2ccccc2)cc1)Nc1ccccc1. The van der Waals surface area contributed by atoms with Crippen molar-refractivity contribution in [3.8, 4) is 0 Å². The second kappa shape index (κ2) is 9.94. The standard InChI is InChI=1S/C23H22N2O3/c26-15-16-28-23(27)22(25-20-9-5-2-6-10-20)17-18-11-13-21(14-12-18)24-19-7-3-1-4-8-19/h1-14,17,24-26H,15-16H2. The number of esters is 1. The monoisotopic (exact) mass is 374 g/mol. The van der Waals surface area contributed by atoms with Crippen molar-refractivity contribution in [3.05, 3.63) is 96.2 Å². The first-order valence-corrected chi connectivity index (χ1v) is 8.98. The number of nitrogens with one attached hydrogen (secondary N) is 2. The number of carbonyl (C=O) groups is 1. The van der Waals surface area contributed by atoms with Crippen LogP contribution in [0.25, 0.3) is 6.08 Å². The lowest BCUT2D eigenvalue weighted by molar-refractivity contribution is -0.139. The van der Waals surface area contributed by atoms with Gasteiger partial charge in [0.05, 0.1) is 6.61 Å². The highest BCUT2D eigenvalue weighted by Gasteiger charge is 2.11. The van der Waals surface area contributed by atoms with Crippen molar-refractivity contribution in [2.45, 2.75) is 0 Å². The molecular formula is C23H22N2O3. The lowest BCUT2D eigenvalue weighted by Gasteiger charge is -2.11. The highest BCUT2D eigenvalue weighted by molar-refractivity contribution is 5.97. The van der Waals surface area contributed by atoms with E-state index in [1.54, 1.807) is 6.08 Å². The van der Waals surface area contributed by atoms with Gasteiger partial charge in [-0.15, -0.1) is 0 Å². The van der Waals surface area contributed by atoms with Crippen molar-refractivity contribution >= 4 is 29.1 Å². The minimum Gasteiger partial charge on any atom is -0.459 e. The number of para-hydroxylation sites is 2. The number of carbonyl (C=O) groups excluding carboxylic acids is 1. The third-order valence-corrected chi connectivity index (χ3v) is 3.88. The smallest absolute Gasteiger partial charge is 0.354 e. The average molecular weight is 374 g/mol. The Hall–Kier alpha value is -3.57. The summed E-state index contributed by atoms with van der Waals surface area (Å²) in [6.45, 7) is -0.267. The zero-order valence-corrected chi connectivity index (χ0v) is 15.3. The average Bonchev–Trinajstić information content (AvgIpc) is 2.74. The van der Waals surface area contributed by atoms with E-state index in [-0.39, 0.29) is 13.2 Å². The van der Waals surface area contributed by atoms with Gasteiger partial charge < -0.3 is 20.5 Å². The van der Waals surface area contributed by atoms with Crippen molar-refractivity contribution in [1.82, 2.24) is 0 Å². The molecule has 0 aromatic heterocycles. The van der Waals surface area contributed by atoms with Gasteiger partial charge in [0, 0.05) is 17.1 Å². The molecule has 5 heteroatoms. The third-order valence-electron chi connectivity index (χ3n) is 3.88. The molecule has 0 amide bonds.